The second kappa shape index (κ2) is 10.00. The van der Waals surface area contributed by atoms with E-state index in [9.17, 15) is 14.7 Å². The van der Waals surface area contributed by atoms with Crippen LogP contribution in [0.1, 0.15) is 38.5 Å². The highest BCUT2D eigenvalue weighted by molar-refractivity contribution is 6.35. The minimum Gasteiger partial charge on any atom is -0.492 e. The van der Waals surface area contributed by atoms with Crippen LogP contribution in [0.25, 0.3) is 0 Å². The number of Topliss-reactive ketones (excluding diaryl/α,β-unsaturated/α-hetero) is 1. The number of hydrogen-bond acceptors (Lipinski definition) is 4. The van der Waals surface area contributed by atoms with E-state index in [2.05, 4.69) is 5.32 Å². The van der Waals surface area contributed by atoms with Crippen molar-refractivity contribution in [1.29, 1.82) is 0 Å². The number of ether oxygens (including phenoxy) is 1. The molecule has 1 aromatic carbocycles. The van der Waals surface area contributed by atoms with E-state index in [1.165, 1.54) is 0 Å². The number of hydrogen-bond donors (Lipinski definition) is 2. The normalized spacial score (nSPS) is 20.2. The van der Waals surface area contributed by atoms with Gasteiger partial charge in [0.15, 0.2) is 0 Å². The van der Waals surface area contributed by atoms with Gasteiger partial charge in [-0.2, -0.15) is 0 Å². The summed E-state index contributed by atoms with van der Waals surface area (Å²) in [6, 6.07) is 4.89. The van der Waals surface area contributed by atoms with Crippen LogP contribution in [0.2, 0.25) is 10.0 Å². The first-order chi connectivity index (χ1) is 12.0. The Morgan fingerprint density at radius 1 is 1.24 bits per heavy atom. The second-order valence-corrected chi connectivity index (χ2v) is 7.13. The molecule has 25 heavy (non-hydrogen) atoms. The van der Waals surface area contributed by atoms with Gasteiger partial charge in [-0.25, -0.2) is 0 Å². The zero-order valence-corrected chi connectivity index (χ0v) is 15.5. The van der Waals surface area contributed by atoms with Crippen LogP contribution in [0.15, 0.2) is 18.2 Å². The molecule has 0 aliphatic heterocycles. The van der Waals surface area contributed by atoms with E-state index in [1.54, 1.807) is 18.2 Å². The number of rotatable bonds is 9. The Balaban J connectivity index is 1.66. The van der Waals surface area contributed by atoms with Gasteiger partial charge in [-0.1, -0.05) is 36.0 Å². The zero-order chi connectivity index (χ0) is 18.2. The number of nitrogens with one attached hydrogen (secondary N) is 1. The molecule has 7 heteroatoms. The van der Waals surface area contributed by atoms with Crippen LogP contribution < -0.4 is 10.1 Å². The molecule has 0 amide bonds. The Morgan fingerprint density at radius 2 is 2.00 bits per heavy atom. The highest BCUT2D eigenvalue weighted by Crippen LogP contribution is 2.27. The molecular formula is C18H23Cl2NO4. The Kier molecular flexibility index (Phi) is 8.00. The number of carbonyl (C=O) groups is 2. The summed E-state index contributed by atoms with van der Waals surface area (Å²) in [6.45, 7) is 0.588. The average molecular weight is 388 g/mol. The van der Waals surface area contributed by atoms with Gasteiger partial charge in [0, 0.05) is 17.5 Å². The van der Waals surface area contributed by atoms with E-state index in [4.69, 9.17) is 27.9 Å². The minimum absolute atomic E-state index is 0.0560. The molecular weight excluding hydrogens is 365 g/mol. The lowest BCUT2D eigenvalue weighted by atomic mass is 9.84. The smallest absolute Gasteiger partial charge is 0.308 e. The molecule has 1 aliphatic rings. The van der Waals surface area contributed by atoms with Crippen LogP contribution in [0.4, 0.5) is 0 Å². The summed E-state index contributed by atoms with van der Waals surface area (Å²) in [5.41, 5.74) is 0. The van der Waals surface area contributed by atoms with E-state index in [1.807, 2.05) is 0 Å². The number of benzene rings is 1. The predicted octanol–water partition coefficient (Wildman–Crippen LogP) is 3.95. The lowest BCUT2D eigenvalue weighted by Gasteiger charge is -2.29. The van der Waals surface area contributed by atoms with Gasteiger partial charge in [0.2, 0.25) is 0 Å². The summed E-state index contributed by atoms with van der Waals surface area (Å²) in [6.07, 6.45) is 4.38. The highest BCUT2D eigenvalue weighted by atomic mass is 35.5. The maximum atomic E-state index is 12.0. The SMILES string of the molecule is O=C(CCCOc1ccc(Cl)cc1Cl)CNC1CCCC[C@@H]1C(=O)O. The van der Waals surface area contributed by atoms with Crippen LogP contribution >= 0.6 is 23.2 Å². The first kappa shape index (κ1) is 20.0. The largest absolute Gasteiger partial charge is 0.492 e. The fourth-order valence-electron chi connectivity index (χ4n) is 3.05. The van der Waals surface area contributed by atoms with Crippen molar-refractivity contribution in [3.8, 4) is 5.75 Å². The molecule has 5 nitrogen and oxygen atoms in total. The molecule has 0 aromatic heterocycles. The van der Waals surface area contributed by atoms with Crippen molar-refractivity contribution in [3.63, 3.8) is 0 Å². The van der Waals surface area contributed by atoms with Crippen LogP contribution in [0.3, 0.4) is 0 Å². The van der Waals surface area contributed by atoms with Gasteiger partial charge >= 0.3 is 5.97 Å². The Labute approximate surface area is 157 Å². The van der Waals surface area contributed by atoms with Gasteiger partial charge in [0.05, 0.1) is 24.1 Å². The number of halogens is 2. The van der Waals surface area contributed by atoms with Crippen LogP contribution in [-0.2, 0) is 9.59 Å². The third kappa shape index (κ3) is 6.49. The molecule has 2 atom stereocenters. The zero-order valence-electron chi connectivity index (χ0n) is 14.0. The van der Waals surface area contributed by atoms with Gasteiger partial charge in [-0.15, -0.1) is 0 Å². The number of aliphatic carboxylic acids is 1. The number of carboxylic acids is 1. The fraction of sp³-hybridized carbons (Fsp3) is 0.556. The summed E-state index contributed by atoms with van der Waals surface area (Å²) in [5, 5.41) is 13.3. The summed E-state index contributed by atoms with van der Waals surface area (Å²) >= 11 is 11.8. The molecule has 1 unspecified atom stereocenters. The average Bonchev–Trinajstić information content (AvgIpc) is 2.58. The first-order valence-electron chi connectivity index (χ1n) is 8.53. The molecule has 0 saturated heterocycles. The third-order valence-electron chi connectivity index (χ3n) is 4.40. The molecule has 2 rings (SSSR count). The molecule has 1 aliphatic carbocycles. The highest BCUT2D eigenvalue weighted by Gasteiger charge is 2.30. The standard InChI is InChI=1S/C18H23Cl2NO4/c19-12-7-8-17(15(20)10-12)25-9-3-4-13(22)11-21-16-6-2-1-5-14(16)18(23)24/h7-8,10,14,16,21H,1-6,9,11H2,(H,23,24)/t14-,16?/m0/s1. The third-order valence-corrected chi connectivity index (χ3v) is 4.93. The summed E-state index contributed by atoms with van der Waals surface area (Å²) in [5.74, 6) is -0.571. The van der Waals surface area contributed by atoms with Crippen molar-refractivity contribution in [2.24, 2.45) is 5.92 Å². The Bertz CT molecular complexity index is 609. The quantitative estimate of drug-likeness (QED) is 0.627. The summed E-state index contributed by atoms with van der Waals surface area (Å²) < 4.78 is 5.54. The summed E-state index contributed by atoms with van der Waals surface area (Å²) in [4.78, 5) is 23.2. The van der Waals surface area contributed by atoms with Crippen LogP contribution in [0.5, 0.6) is 5.75 Å². The van der Waals surface area contributed by atoms with Gasteiger partial charge in [0.1, 0.15) is 11.5 Å². The topological polar surface area (TPSA) is 75.6 Å². The molecule has 0 radical (unpaired) electrons. The maximum Gasteiger partial charge on any atom is 0.308 e. The maximum absolute atomic E-state index is 12.0. The molecule has 2 N–H and O–H groups in total. The van der Waals surface area contributed by atoms with Gasteiger partial charge < -0.3 is 15.2 Å². The van der Waals surface area contributed by atoms with Crippen molar-refractivity contribution >= 4 is 35.0 Å². The monoisotopic (exact) mass is 387 g/mol. The summed E-state index contributed by atoms with van der Waals surface area (Å²) in [7, 11) is 0. The minimum atomic E-state index is -0.780. The van der Waals surface area contributed by atoms with Crippen molar-refractivity contribution in [3.05, 3.63) is 28.2 Å². The Morgan fingerprint density at radius 3 is 2.72 bits per heavy atom. The molecule has 1 aromatic rings. The fourth-order valence-corrected chi connectivity index (χ4v) is 3.51. The molecule has 0 spiro atoms. The lowest BCUT2D eigenvalue weighted by Crippen LogP contribution is -2.44. The molecule has 1 saturated carbocycles. The van der Waals surface area contributed by atoms with Crippen molar-refractivity contribution in [1.82, 2.24) is 5.32 Å². The van der Waals surface area contributed by atoms with Gasteiger partial charge in [-0.05, 0) is 37.5 Å². The van der Waals surface area contributed by atoms with E-state index >= 15 is 0 Å². The number of ketones is 1. The molecule has 0 heterocycles. The predicted molar refractivity (Wildman–Crippen MR) is 97.6 cm³/mol. The van der Waals surface area contributed by atoms with E-state index in [0.717, 1.165) is 19.3 Å². The number of carbonyl (C=O) groups excluding carboxylic acids is 1. The van der Waals surface area contributed by atoms with Crippen molar-refractivity contribution in [2.45, 2.75) is 44.6 Å². The first-order valence-corrected chi connectivity index (χ1v) is 9.28. The molecule has 0 bridgehead atoms. The van der Waals surface area contributed by atoms with E-state index in [-0.39, 0.29) is 18.4 Å². The lowest BCUT2D eigenvalue weighted by molar-refractivity contribution is -0.144. The number of carboxylic acid groups (broad SMARTS) is 1. The second-order valence-electron chi connectivity index (χ2n) is 6.28. The van der Waals surface area contributed by atoms with Crippen LogP contribution in [-0.4, -0.2) is 36.1 Å². The van der Waals surface area contributed by atoms with Gasteiger partial charge in [0.25, 0.3) is 0 Å². The molecule has 1 fully saturated rings. The molecule has 138 valence electrons. The van der Waals surface area contributed by atoms with Gasteiger partial charge in [-0.3, -0.25) is 9.59 Å². The van der Waals surface area contributed by atoms with Crippen molar-refractivity contribution < 1.29 is 19.4 Å². The van der Waals surface area contributed by atoms with E-state index < -0.39 is 11.9 Å². The van der Waals surface area contributed by atoms with E-state index in [0.29, 0.717) is 41.7 Å². The van der Waals surface area contributed by atoms with Crippen molar-refractivity contribution in [2.75, 3.05) is 13.2 Å². The van der Waals surface area contributed by atoms with Crippen LogP contribution in [0, 0.1) is 5.92 Å². The Hall–Kier alpha value is -1.30.